The predicted molar refractivity (Wildman–Crippen MR) is 71.6 cm³/mol. The third-order valence-electron chi connectivity index (χ3n) is 3.31. The van der Waals surface area contributed by atoms with Crippen LogP contribution in [-0.4, -0.2) is 22.3 Å². The first-order valence-corrected chi connectivity index (χ1v) is 6.34. The molecule has 0 aliphatic heterocycles. The first kappa shape index (κ1) is 12.5. The second-order valence-electron chi connectivity index (χ2n) is 4.77. The van der Waals surface area contributed by atoms with Crippen LogP contribution in [-0.2, 0) is 4.79 Å². The number of carbonyl (C=O) groups is 1. The predicted octanol–water partition coefficient (Wildman–Crippen LogP) is 2.50. The van der Waals surface area contributed by atoms with Crippen LogP contribution in [0, 0.1) is 16.0 Å². The molecule has 6 nitrogen and oxygen atoms in total. The summed E-state index contributed by atoms with van der Waals surface area (Å²) in [6.07, 6.45) is 3.37. The number of nitro benzene ring substituents is 1. The lowest BCUT2D eigenvalue weighted by Gasteiger charge is -2.08. The zero-order chi connectivity index (χ0) is 14.1. The molecule has 1 fully saturated rings. The van der Waals surface area contributed by atoms with Crippen molar-refractivity contribution < 1.29 is 14.5 Å². The molecule has 0 atom stereocenters. The molecule has 1 heterocycles. The highest BCUT2D eigenvalue weighted by Crippen LogP contribution is 2.33. The van der Waals surface area contributed by atoms with Crippen LogP contribution in [0.5, 0.6) is 5.75 Å². The molecule has 20 heavy (non-hydrogen) atoms. The highest BCUT2D eigenvalue weighted by molar-refractivity contribution is 5.92. The fraction of sp³-hybridized carbons (Fsp3) is 0.286. The summed E-state index contributed by atoms with van der Waals surface area (Å²) in [7, 11) is 0. The van der Waals surface area contributed by atoms with Gasteiger partial charge in [-0.25, -0.2) is 4.98 Å². The monoisotopic (exact) mass is 272 g/mol. The number of non-ortho nitro benzene ring substituents is 1. The number of rotatable bonds is 5. The molecule has 3 rings (SSSR count). The van der Waals surface area contributed by atoms with E-state index >= 15 is 0 Å². The number of nitro groups is 1. The summed E-state index contributed by atoms with van der Waals surface area (Å²) in [5, 5.41) is 11.5. The summed E-state index contributed by atoms with van der Waals surface area (Å²) in [5.74, 6) is 0.672. The Hall–Kier alpha value is -2.50. The molecule has 1 aliphatic carbocycles. The van der Waals surface area contributed by atoms with E-state index in [9.17, 15) is 14.9 Å². The van der Waals surface area contributed by atoms with E-state index in [1.807, 2.05) is 0 Å². The average Bonchev–Trinajstić information content (AvgIpc) is 3.28. The highest BCUT2D eigenvalue weighted by atomic mass is 16.6. The van der Waals surface area contributed by atoms with Crippen molar-refractivity contribution in [1.82, 2.24) is 4.98 Å². The Labute approximate surface area is 114 Å². The number of benzene rings is 1. The van der Waals surface area contributed by atoms with Gasteiger partial charge in [-0.2, -0.15) is 0 Å². The number of aromatic nitrogens is 1. The molecule has 0 amide bonds. The van der Waals surface area contributed by atoms with Gasteiger partial charge in [0.2, 0.25) is 0 Å². The van der Waals surface area contributed by atoms with E-state index in [2.05, 4.69) is 4.98 Å². The van der Waals surface area contributed by atoms with Crippen LogP contribution in [0.4, 0.5) is 5.69 Å². The zero-order valence-corrected chi connectivity index (χ0v) is 10.6. The highest BCUT2D eigenvalue weighted by Gasteiger charge is 2.29. The van der Waals surface area contributed by atoms with Gasteiger partial charge in [0, 0.05) is 23.6 Å². The van der Waals surface area contributed by atoms with Crippen molar-refractivity contribution in [3.05, 3.63) is 40.6 Å². The number of ether oxygens (including phenoxy) is 1. The Morgan fingerprint density at radius 1 is 1.40 bits per heavy atom. The standard InChI is InChI=1S/C14H12N2O4/c17-12(9-3-4-9)8-20-13-6-5-11(16(18)19)14-10(13)2-1-7-15-14/h1-2,5-7,9H,3-4,8H2. The van der Waals surface area contributed by atoms with Crippen LogP contribution in [0.1, 0.15) is 12.8 Å². The lowest BCUT2D eigenvalue weighted by molar-refractivity contribution is -0.383. The molecule has 1 aromatic carbocycles. The number of pyridine rings is 1. The minimum Gasteiger partial charge on any atom is -0.485 e. The van der Waals surface area contributed by atoms with Gasteiger partial charge in [0.05, 0.1) is 4.92 Å². The average molecular weight is 272 g/mol. The smallest absolute Gasteiger partial charge is 0.295 e. The molecule has 0 spiro atoms. The number of carbonyl (C=O) groups excluding carboxylic acids is 1. The van der Waals surface area contributed by atoms with Crippen LogP contribution >= 0.6 is 0 Å². The minimum atomic E-state index is -0.478. The maximum absolute atomic E-state index is 11.6. The van der Waals surface area contributed by atoms with Crippen molar-refractivity contribution in [2.45, 2.75) is 12.8 Å². The topological polar surface area (TPSA) is 82.3 Å². The SMILES string of the molecule is O=C(COc1ccc([N+](=O)[O-])c2ncccc12)C1CC1. The summed E-state index contributed by atoms with van der Waals surface area (Å²) in [6, 6.07) is 6.25. The van der Waals surface area contributed by atoms with E-state index in [1.54, 1.807) is 12.1 Å². The van der Waals surface area contributed by atoms with Crippen molar-refractivity contribution in [3.8, 4) is 5.75 Å². The second kappa shape index (κ2) is 4.88. The van der Waals surface area contributed by atoms with Crippen molar-refractivity contribution in [3.63, 3.8) is 0 Å². The molecular weight excluding hydrogens is 260 g/mol. The Bertz CT molecular complexity index is 695. The zero-order valence-electron chi connectivity index (χ0n) is 10.6. The fourth-order valence-electron chi connectivity index (χ4n) is 2.08. The van der Waals surface area contributed by atoms with E-state index in [0.29, 0.717) is 11.1 Å². The molecule has 0 saturated heterocycles. The summed E-state index contributed by atoms with van der Waals surface area (Å²) >= 11 is 0. The van der Waals surface area contributed by atoms with Gasteiger partial charge in [0.25, 0.3) is 5.69 Å². The van der Waals surface area contributed by atoms with Crippen molar-refractivity contribution in [2.24, 2.45) is 5.92 Å². The lowest BCUT2D eigenvalue weighted by atomic mass is 10.1. The van der Waals surface area contributed by atoms with Crippen molar-refractivity contribution >= 4 is 22.4 Å². The van der Waals surface area contributed by atoms with Gasteiger partial charge < -0.3 is 4.74 Å². The van der Waals surface area contributed by atoms with Gasteiger partial charge in [-0.05, 0) is 31.0 Å². The molecule has 0 unspecified atom stereocenters. The quantitative estimate of drug-likeness (QED) is 0.617. The molecule has 1 aromatic heterocycles. The largest absolute Gasteiger partial charge is 0.485 e. The molecule has 6 heteroatoms. The van der Waals surface area contributed by atoms with E-state index in [4.69, 9.17) is 4.74 Å². The molecule has 0 bridgehead atoms. The Balaban J connectivity index is 1.93. The maximum atomic E-state index is 11.6. The lowest BCUT2D eigenvalue weighted by Crippen LogP contribution is -2.13. The van der Waals surface area contributed by atoms with Gasteiger partial charge in [-0.15, -0.1) is 0 Å². The van der Waals surface area contributed by atoms with Gasteiger partial charge in [-0.3, -0.25) is 14.9 Å². The van der Waals surface area contributed by atoms with E-state index in [1.165, 1.54) is 18.3 Å². The summed E-state index contributed by atoms with van der Waals surface area (Å²) in [6.45, 7) is 0.00642. The number of fused-ring (bicyclic) bond motifs is 1. The molecule has 0 N–H and O–H groups in total. The fourth-order valence-corrected chi connectivity index (χ4v) is 2.08. The number of nitrogens with zero attached hydrogens (tertiary/aromatic N) is 2. The Morgan fingerprint density at radius 3 is 2.90 bits per heavy atom. The minimum absolute atomic E-state index is 0.00642. The van der Waals surface area contributed by atoms with Gasteiger partial charge in [0.1, 0.15) is 12.4 Å². The molecule has 1 saturated carbocycles. The summed E-state index contributed by atoms with van der Waals surface area (Å²) in [4.78, 5) is 26.2. The van der Waals surface area contributed by atoms with Crippen LogP contribution in [0.3, 0.4) is 0 Å². The van der Waals surface area contributed by atoms with Gasteiger partial charge >= 0.3 is 0 Å². The Kier molecular flexibility index (Phi) is 3.06. The van der Waals surface area contributed by atoms with Crippen LogP contribution in [0.15, 0.2) is 30.5 Å². The van der Waals surface area contributed by atoms with Crippen LogP contribution in [0.2, 0.25) is 0 Å². The van der Waals surface area contributed by atoms with Gasteiger partial charge in [0.15, 0.2) is 11.3 Å². The number of ketones is 1. The molecule has 2 aromatic rings. The Morgan fingerprint density at radius 2 is 2.20 bits per heavy atom. The van der Waals surface area contributed by atoms with E-state index in [-0.39, 0.29) is 29.5 Å². The summed E-state index contributed by atoms with van der Waals surface area (Å²) < 4.78 is 5.50. The molecule has 1 aliphatic rings. The van der Waals surface area contributed by atoms with Crippen LogP contribution < -0.4 is 4.74 Å². The molecule has 0 radical (unpaired) electrons. The number of hydrogen-bond acceptors (Lipinski definition) is 5. The van der Waals surface area contributed by atoms with Gasteiger partial charge in [-0.1, -0.05) is 0 Å². The normalized spacial score (nSPS) is 14.2. The molecular formula is C14H12N2O4. The van der Waals surface area contributed by atoms with Crippen molar-refractivity contribution in [2.75, 3.05) is 6.61 Å². The first-order chi connectivity index (χ1) is 9.66. The third-order valence-corrected chi connectivity index (χ3v) is 3.31. The first-order valence-electron chi connectivity index (χ1n) is 6.34. The van der Waals surface area contributed by atoms with Crippen LogP contribution in [0.25, 0.3) is 10.9 Å². The van der Waals surface area contributed by atoms with E-state index < -0.39 is 4.92 Å². The van der Waals surface area contributed by atoms with Crippen molar-refractivity contribution in [1.29, 1.82) is 0 Å². The number of hydrogen-bond donors (Lipinski definition) is 0. The maximum Gasteiger partial charge on any atom is 0.295 e. The molecule has 102 valence electrons. The number of Topliss-reactive ketones (excluding diaryl/α,β-unsaturated/α-hetero) is 1. The van der Waals surface area contributed by atoms with E-state index in [0.717, 1.165) is 12.8 Å². The summed E-state index contributed by atoms with van der Waals surface area (Å²) in [5.41, 5.74) is 0.204. The second-order valence-corrected chi connectivity index (χ2v) is 4.77. The third kappa shape index (κ3) is 2.32.